The van der Waals surface area contributed by atoms with E-state index in [0.717, 1.165) is 24.3 Å². The Hall–Kier alpha value is -2.28. The maximum absolute atomic E-state index is 13.7. The molecule has 0 heterocycles. The second-order valence-corrected chi connectivity index (χ2v) is 4.26. The third-order valence-electron chi connectivity index (χ3n) is 2.54. The highest BCUT2D eigenvalue weighted by Gasteiger charge is 2.21. The quantitative estimate of drug-likeness (QED) is 0.472. The number of nitrogens with zero attached hydrogens (tertiary/aromatic N) is 1. The Morgan fingerprint density at radius 3 is 2.29 bits per heavy atom. The summed E-state index contributed by atoms with van der Waals surface area (Å²) in [4.78, 5) is 9.87. The molecule has 0 bridgehead atoms. The van der Waals surface area contributed by atoms with Crippen LogP contribution in [0.5, 0.6) is 11.5 Å². The van der Waals surface area contributed by atoms with Crippen LogP contribution < -0.4 is 4.74 Å². The lowest BCUT2D eigenvalue weighted by Gasteiger charge is -2.09. The summed E-state index contributed by atoms with van der Waals surface area (Å²) in [5.41, 5.74) is -0.553. The summed E-state index contributed by atoms with van der Waals surface area (Å²) in [6, 6.07) is 4.28. The second kappa shape index (κ2) is 6.01. The molecule has 2 rings (SSSR count). The zero-order chi connectivity index (χ0) is 15.6. The number of hydrogen-bond acceptors (Lipinski definition) is 3. The molecule has 0 N–H and O–H groups in total. The molecule has 0 saturated carbocycles. The molecule has 0 aliphatic carbocycles. The fourth-order valence-electron chi connectivity index (χ4n) is 1.62. The van der Waals surface area contributed by atoms with E-state index >= 15 is 0 Å². The Bertz CT molecular complexity index is 686. The smallest absolute Gasteiger partial charge is 0.314 e. The lowest BCUT2D eigenvalue weighted by molar-refractivity contribution is -0.385. The first-order valence-electron chi connectivity index (χ1n) is 5.58. The minimum absolute atomic E-state index is 0.106. The van der Waals surface area contributed by atoms with Crippen molar-refractivity contribution < 1.29 is 22.8 Å². The molecular formula is C13H7ClF3NO3. The molecule has 0 unspecified atom stereocenters. The molecule has 8 heteroatoms. The number of nitro benzene ring substituents is 1. The molecule has 2 aromatic carbocycles. The fraction of sp³-hybridized carbons (Fsp3) is 0.0769. The monoisotopic (exact) mass is 317 g/mol. The van der Waals surface area contributed by atoms with E-state index in [-0.39, 0.29) is 11.4 Å². The van der Waals surface area contributed by atoms with Gasteiger partial charge in [0.25, 0.3) is 0 Å². The van der Waals surface area contributed by atoms with Gasteiger partial charge in [-0.05, 0) is 29.8 Å². The van der Waals surface area contributed by atoms with E-state index in [0.29, 0.717) is 6.07 Å². The van der Waals surface area contributed by atoms with E-state index in [1.807, 2.05) is 0 Å². The van der Waals surface area contributed by atoms with Crippen molar-refractivity contribution in [1.29, 1.82) is 0 Å². The van der Waals surface area contributed by atoms with Crippen molar-refractivity contribution in [3.8, 4) is 11.5 Å². The molecule has 0 spiro atoms. The third kappa shape index (κ3) is 3.25. The zero-order valence-electron chi connectivity index (χ0n) is 10.3. The number of rotatable bonds is 4. The standard InChI is InChI=1S/C13H7ClF3NO3/c14-6-7-3-9(16)13(10(17)4-7)21-12-2-1-8(15)5-11(12)18(19)20/h1-5H,6H2. The molecule has 21 heavy (non-hydrogen) atoms. The lowest BCUT2D eigenvalue weighted by Crippen LogP contribution is -1.98. The Morgan fingerprint density at radius 2 is 1.76 bits per heavy atom. The van der Waals surface area contributed by atoms with Crippen molar-refractivity contribution in [2.45, 2.75) is 5.88 Å². The molecule has 0 aliphatic rings. The van der Waals surface area contributed by atoms with Gasteiger partial charge in [0.05, 0.1) is 11.0 Å². The number of hydrogen-bond donors (Lipinski definition) is 0. The van der Waals surface area contributed by atoms with Gasteiger partial charge in [0.1, 0.15) is 5.82 Å². The summed E-state index contributed by atoms with van der Waals surface area (Å²) in [5, 5.41) is 10.8. The van der Waals surface area contributed by atoms with Crippen molar-refractivity contribution in [3.63, 3.8) is 0 Å². The molecular weight excluding hydrogens is 311 g/mol. The van der Waals surface area contributed by atoms with Crippen LogP contribution in [0.2, 0.25) is 0 Å². The van der Waals surface area contributed by atoms with Crippen LogP contribution in [0.15, 0.2) is 30.3 Å². The molecule has 0 saturated heterocycles. The van der Waals surface area contributed by atoms with Crippen molar-refractivity contribution in [3.05, 3.63) is 63.5 Å². The highest BCUT2D eigenvalue weighted by Crippen LogP contribution is 2.35. The molecule has 0 atom stereocenters. The minimum Gasteiger partial charge on any atom is -0.444 e. The van der Waals surface area contributed by atoms with E-state index in [1.165, 1.54) is 0 Å². The summed E-state index contributed by atoms with van der Waals surface area (Å²) in [6.45, 7) is 0. The van der Waals surface area contributed by atoms with Gasteiger partial charge >= 0.3 is 5.69 Å². The Kier molecular flexibility index (Phi) is 4.32. The van der Waals surface area contributed by atoms with Crippen LogP contribution >= 0.6 is 11.6 Å². The third-order valence-corrected chi connectivity index (χ3v) is 2.85. The van der Waals surface area contributed by atoms with Gasteiger partial charge in [-0.1, -0.05) is 0 Å². The summed E-state index contributed by atoms with van der Waals surface area (Å²) in [6.07, 6.45) is 0. The van der Waals surface area contributed by atoms with Crippen LogP contribution in [0, 0.1) is 27.6 Å². The maximum Gasteiger partial charge on any atom is 0.314 e. The average Bonchev–Trinajstić information content (AvgIpc) is 2.43. The topological polar surface area (TPSA) is 52.4 Å². The summed E-state index contributed by atoms with van der Waals surface area (Å²) in [7, 11) is 0. The zero-order valence-corrected chi connectivity index (χ0v) is 11.0. The fourth-order valence-corrected chi connectivity index (χ4v) is 1.77. The number of nitro groups is 1. The largest absolute Gasteiger partial charge is 0.444 e. The van der Waals surface area contributed by atoms with Crippen molar-refractivity contribution >= 4 is 17.3 Å². The normalized spacial score (nSPS) is 10.5. The van der Waals surface area contributed by atoms with Crippen LogP contribution in [0.3, 0.4) is 0 Å². The van der Waals surface area contributed by atoms with Crippen molar-refractivity contribution in [2.24, 2.45) is 0 Å². The highest BCUT2D eigenvalue weighted by molar-refractivity contribution is 6.17. The van der Waals surface area contributed by atoms with Gasteiger partial charge in [0.15, 0.2) is 17.4 Å². The summed E-state index contributed by atoms with van der Waals surface area (Å²) < 4.78 is 45.3. The second-order valence-electron chi connectivity index (χ2n) is 3.99. The SMILES string of the molecule is O=[N+]([O-])c1cc(F)ccc1Oc1c(F)cc(CCl)cc1F. The minimum atomic E-state index is -1.07. The van der Waals surface area contributed by atoms with Gasteiger partial charge in [0.2, 0.25) is 5.75 Å². The van der Waals surface area contributed by atoms with E-state index in [4.69, 9.17) is 16.3 Å². The van der Waals surface area contributed by atoms with Crippen molar-refractivity contribution in [1.82, 2.24) is 0 Å². The van der Waals surface area contributed by atoms with Gasteiger partial charge < -0.3 is 4.74 Å². The van der Waals surface area contributed by atoms with Crippen LogP contribution in [0.25, 0.3) is 0 Å². The Morgan fingerprint density at radius 1 is 1.14 bits per heavy atom. The van der Waals surface area contributed by atoms with Gasteiger partial charge in [-0.2, -0.15) is 0 Å². The van der Waals surface area contributed by atoms with Gasteiger partial charge in [-0.15, -0.1) is 11.6 Å². The number of benzene rings is 2. The molecule has 4 nitrogen and oxygen atoms in total. The van der Waals surface area contributed by atoms with Gasteiger partial charge in [-0.25, -0.2) is 13.2 Å². The average molecular weight is 318 g/mol. The number of ether oxygens (including phenoxy) is 1. The molecule has 2 aromatic rings. The predicted molar refractivity (Wildman–Crippen MR) is 69.0 cm³/mol. The Labute approximate surface area is 121 Å². The van der Waals surface area contributed by atoms with Gasteiger partial charge in [0, 0.05) is 5.88 Å². The first kappa shape index (κ1) is 15.1. The van der Waals surface area contributed by atoms with E-state index in [9.17, 15) is 23.3 Å². The van der Waals surface area contributed by atoms with Crippen LogP contribution in [-0.4, -0.2) is 4.92 Å². The number of alkyl halides is 1. The maximum atomic E-state index is 13.7. The van der Waals surface area contributed by atoms with Crippen LogP contribution in [0.1, 0.15) is 5.56 Å². The van der Waals surface area contributed by atoms with Crippen molar-refractivity contribution in [2.75, 3.05) is 0 Å². The van der Waals surface area contributed by atoms with E-state index in [1.54, 1.807) is 0 Å². The molecule has 0 amide bonds. The molecule has 110 valence electrons. The van der Waals surface area contributed by atoms with Crippen LogP contribution in [-0.2, 0) is 5.88 Å². The van der Waals surface area contributed by atoms with E-state index in [2.05, 4.69) is 0 Å². The number of halogens is 4. The predicted octanol–water partition coefficient (Wildman–Crippen LogP) is 4.54. The summed E-state index contributed by atoms with van der Waals surface area (Å²) >= 11 is 5.46. The molecule has 0 radical (unpaired) electrons. The lowest BCUT2D eigenvalue weighted by atomic mass is 10.2. The Balaban J connectivity index is 2.46. The first-order chi connectivity index (χ1) is 9.92. The first-order valence-corrected chi connectivity index (χ1v) is 6.11. The van der Waals surface area contributed by atoms with Crippen LogP contribution in [0.4, 0.5) is 18.9 Å². The molecule has 0 aliphatic heterocycles. The molecule has 0 aromatic heterocycles. The summed E-state index contributed by atoms with van der Waals surface area (Å²) in [5.74, 6) is -4.40. The highest BCUT2D eigenvalue weighted by atomic mass is 35.5. The van der Waals surface area contributed by atoms with Gasteiger partial charge in [-0.3, -0.25) is 10.1 Å². The van der Waals surface area contributed by atoms with E-state index < -0.39 is 39.6 Å². The molecule has 0 fully saturated rings.